The number of fused-ring (bicyclic) bond motifs is 2. The molecular formula is C15H8F2N2S. The van der Waals surface area contributed by atoms with Gasteiger partial charge in [0.25, 0.3) is 0 Å². The molecule has 3 rings (SSSR count). The Labute approximate surface area is 118 Å². The van der Waals surface area contributed by atoms with Crippen LogP contribution in [0, 0.1) is 29.6 Å². The van der Waals surface area contributed by atoms with E-state index in [0.717, 1.165) is 21.4 Å². The largest absolute Gasteiger partial charge is 0.239 e. The fraction of sp³-hybridized carbons (Fsp3) is 0.200. The highest BCUT2D eigenvalue weighted by molar-refractivity contribution is 7.13. The van der Waals surface area contributed by atoms with Crippen LogP contribution < -0.4 is 0 Å². The molecule has 1 heterocycles. The lowest BCUT2D eigenvalue weighted by atomic mass is 9.93. The summed E-state index contributed by atoms with van der Waals surface area (Å²) < 4.78 is 27.1. The zero-order chi connectivity index (χ0) is 14.4. The highest BCUT2D eigenvalue weighted by Crippen LogP contribution is 2.51. The van der Waals surface area contributed by atoms with Crippen molar-refractivity contribution in [2.24, 2.45) is 0 Å². The van der Waals surface area contributed by atoms with Gasteiger partial charge in [0.1, 0.15) is 23.5 Å². The molecule has 0 saturated heterocycles. The molecule has 1 aromatic heterocycles. The smallest absolute Gasteiger partial charge is 0.155 e. The second-order valence-electron chi connectivity index (χ2n) is 4.67. The predicted octanol–water partition coefficient (Wildman–Crippen LogP) is 4.22. The maximum absolute atomic E-state index is 13.6. The molecule has 2 aliphatic carbocycles. The summed E-state index contributed by atoms with van der Waals surface area (Å²) in [6.45, 7) is 1.91. The van der Waals surface area contributed by atoms with Crippen LogP contribution in [0.2, 0.25) is 0 Å². The molecule has 0 aliphatic heterocycles. The topological polar surface area (TPSA) is 47.6 Å². The molecule has 5 heteroatoms. The van der Waals surface area contributed by atoms with Crippen molar-refractivity contribution in [1.29, 1.82) is 10.5 Å². The molecule has 2 nitrogen and oxygen atoms in total. The van der Waals surface area contributed by atoms with E-state index in [9.17, 15) is 8.78 Å². The molecular weight excluding hydrogens is 278 g/mol. The Bertz CT molecular complexity index is 781. The van der Waals surface area contributed by atoms with Crippen LogP contribution in [-0.2, 0) is 0 Å². The normalized spacial score (nSPS) is 19.9. The first-order valence-electron chi connectivity index (χ1n) is 5.97. The standard InChI is InChI=1S/C15H8F2N2S/c1-7-2-11-9-3-12(16)13(17)4-10(9)14(15(11)20-7)8(5-18)6-19/h2,4,12H,3H2,1H3. The van der Waals surface area contributed by atoms with E-state index < -0.39 is 12.0 Å². The SMILES string of the molecule is Cc1cc2c(s1)C(=C(C#N)C#N)C1=C2CC(F)C(F)=C1. The summed E-state index contributed by atoms with van der Waals surface area (Å²) >= 11 is 1.44. The van der Waals surface area contributed by atoms with Crippen molar-refractivity contribution in [3.05, 3.63) is 44.4 Å². The molecule has 0 N–H and O–H groups in total. The monoisotopic (exact) mass is 286 g/mol. The van der Waals surface area contributed by atoms with Crippen LogP contribution in [0.3, 0.4) is 0 Å². The van der Waals surface area contributed by atoms with Gasteiger partial charge in [-0.05, 0) is 35.8 Å². The van der Waals surface area contributed by atoms with Crippen molar-refractivity contribution in [1.82, 2.24) is 0 Å². The van der Waals surface area contributed by atoms with Gasteiger partial charge in [-0.25, -0.2) is 8.78 Å². The quantitative estimate of drug-likeness (QED) is 0.670. The van der Waals surface area contributed by atoms with E-state index in [-0.39, 0.29) is 12.0 Å². The lowest BCUT2D eigenvalue weighted by molar-refractivity contribution is 0.329. The summed E-state index contributed by atoms with van der Waals surface area (Å²) in [5.74, 6) is -0.844. The minimum Gasteiger partial charge on any atom is -0.239 e. The summed E-state index contributed by atoms with van der Waals surface area (Å²) in [5.41, 5.74) is 2.39. The second-order valence-corrected chi connectivity index (χ2v) is 5.92. The number of nitriles is 2. The molecule has 2 aliphatic rings. The summed E-state index contributed by atoms with van der Waals surface area (Å²) in [7, 11) is 0. The van der Waals surface area contributed by atoms with Gasteiger partial charge in [-0.2, -0.15) is 10.5 Å². The highest BCUT2D eigenvalue weighted by Gasteiger charge is 2.35. The number of aryl methyl sites for hydroxylation is 1. The molecule has 1 atom stereocenters. The Morgan fingerprint density at radius 1 is 1.40 bits per heavy atom. The van der Waals surface area contributed by atoms with Gasteiger partial charge < -0.3 is 0 Å². The van der Waals surface area contributed by atoms with E-state index in [0.29, 0.717) is 16.7 Å². The van der Waals surface area contributed by atoms with Gasteiger partial charge >= 0.3 is 0 Å². The molecule has 0 spiro atoms. The molecule has 1 aromatic rings. The number of allylic oxidation sites excluding steroid dienone is 6. The summed E-state index contributed by atoms with van der Waals surface area (Å²) in [6.07, 6.45) is -0.571. The Hall–Kier alpha value is -2.24. The number of alkyl halides is 1. The fourth-order valence-electron chi connectivity index (χ4n) is 2.61. The van der Waals surface area contributed by atoms with E-state index >= 15 is 0 Å². The van der Waals surface area contributed by atoms with Gasteiger partial charge in [-0.3, -0.25) is 0 Å². The van der Waals surface area contributed by atoms with E-state index in [1.165, 1.54) is 11.3 Å². The summed E-state index contributed by atoms with van der Waals surface area (Å²) in [6, 6.07) is 5.60. The molecule has 98 valence electrons. The minimum absolute atomic E-state index is 0.0471. The molecule has 0 amide bonds. The Kier molecular flexibility index (Phi) is 2.81. The van der Waals surface area contributed by atoms with E-state index in [1.54, 1.807) is 0 Å². The third kappa shape index (κ3) is 1.64. The predicted molar refractivity (Wildman–Crippen MR) is 72.8 cm³/mol. The lowest BCUT2D eigenvalue weighted by Crippen LogP contribution is -2.07. The minimum atomic E-state index is -1.64. The van der Waals surface area contributed by atoms with E-state index in [2.05, 4.69) is 0 Å². The molecule has 0 radical (unpaired) electrons. The molecule has 0 fully saturated rings. The van der Waals surface area contributed by atoms with Crippen LogP contribution in [0.4, 0.5) is 8.78 Å². The van der Waals surface area contributed by atoms with Crippen molar-refractivity contribution in [2.45, 2.75) is 19.5 Å². The summed E-state index contributed by atoms with van der Waals surface area (Å²) in [5, 5.41) is 18.2. The van der Waals surface area contributed by atoms with Crippen LogP contribution in [0.5, 0.6) is 0 Å². The molecule has 0 saturated carbocycles. The molecule has 0 bridgehead atoms. The zero-order valence-electron chi connectivity index (χ0n) is 10.5. The Balaban J connectivity index is 2.35. The number of thiophene rings is 1. The van der Waals surface area contributed by atoms with Crippen LogP contribution >= 0.6 is 11.3 Å². The number of nitrogens with zero attached hydrogens (tertiary/aromatic N) is 2. The van der Waals surface area contributed by atoms with Gasteiger partial charge in [0.2, 0.25) is 0 Å². The third-order valence-corrected chi connectivity index (χ3v) is 4.51. The van der Waals surface area contributed by atoms with Crippen molar-refractivity contribution in [2.75, 3.05) is 0 Å². The average Bonchev–Trinajstić information content (AvgIpc) is 2.90. The first kappa shape index (κ1) is 12.8. The van der Waals surface area contributed by atoms with Crippen molar-refractivity contribution in [3.63, 3.8) is 0 Å². The molecule has 1 unspecified atom stereocenters. The van der Waals surface area contributed by atoms with Crippen LogP contribution in [0.25, 0.3) is 11.1 Å². The molecule has 20 heavy (non-hydrogen) atoms. The number of hydrogen-bond donors (Lipinski definition) is 0. The van der Waals surface area contributed by atoms with Crippen LogP contribution in [-0.4, -0.2) is 6.17 Å². The van der Waals surface area contributed by atoms with Crippen LogP contribution in [0.15, 0.2) is 29.1 Å². The Morgan fingerprint density at radius 3 is 2.75 bits per heavy atom. The maximum Gasteiger partial charge on any atom is 0.155 e. The van der Waals surface area contributed by atoms with Gasteiger partial charge in [0.15, 0.2) is 6.17 Å². The number of halogens is 2. The van der Waals surface area contributed by atoms with E-state index in [1.807, 2.05) is 25.1 Å². The van der Waals surface area contributed by atoms with Gasteiger partial charge in [-0.1, -0.05) is 0 Å². The maximum atomic E-state index is 13.6. The lowest BCUT2D eigenvalue weighted by Gasteiger charge is -2.15. The zero-order valence-corrected chi connectivity index (χ0v) is 11.3. The highest BCUT2D eigenvalue weighted by atomic mass is 32.1. The Morgan fingerprint density at radius 2 is 2.10 bits per heavy atom. The van der Waals surface area contributed by atoms with Crippen molar-refractivity contribution >= 4 is 22.5 Å². The number of hydrogen-bond acceptors (Lipinski definition) is 3. The first-order valence-corrected chi connectivity index (χ1v) is 6.78. The average molecular weight is 286 g/mol. The third-order valence-electron chi connectivity index (χ3n) is 3.44. The first-order chi connectivity index (χ1) is 9.56. The van der Waals surface area contributed by atoms with Crippen molar-refractivity contribution in [3.8, 4) is 12.1 Å². The van der Waals surface area contributed by atoms with Gasteiger partial charge in [-0.15, -0.1) is 11.3 Å². The van der Waals surface area contributed by atoms with Gasteiger partial charge in [0.05, 0.1) is 0 Å². The fourth-order valence-corrected chi connectivity index (χ4v) is 3.72. The summed E-state index contributed by atoms with van der Waals surface area (Å²) in [4.78, 5) is 1.78. The molecule has 0 aromatic carbocycles. The van der Waals surface area contributed by atoms with Crippen molar-refractivity contribution < 1.29 is 8.78 Å². The number of rotatable bonds is 0. The van der Waals surface area contributed by atoms with E-state index in [4.69, 9.17) is 10.5 Å². The van der Waals surface area contributed by atoms with Crippen LogP contribution in [0.1, 0.15) is 21.7 Å². The second kappa shape index (κ2) is 4.40. The van der Waals surface area contributed by atoms with Gasteiger partial charge in [0, 0.05) is 21.7 Å².